The van der Waals surface area contributed by atoms with Crippen LogP contribution in [0.3, 0.4) is 0 Å². The molecule has 0 aliphatic carbocycles. The Morgan fingerprint density at radius 2 is 1.95 bits per heavy atom. The van der Waals surface area contributed by atoms with Crippen LogP contribution in [0.4, 0.5) is 11.9 Å². The Bertz CT molecular complexity index is 663. The molecule has 2 N–H and O–H groups in total. The van der Waals surface area contributed by atoms with E-state index in [0.717, 1.165) is 30.4 Å². The Labute approximate surface area is 135 Å². The van der Waals surface area contributed by atoms with E-state index < -0.39 is 0 Å². The summed E-state index contributed by atoms with van der Waals surface area (Å²) in [5, 5.41) is 0.472. The molecule has 1 aliphatic heterocycles. The van der Waals surface area contributed by atoms with Crippen LogP contribution in [0, 0.1) is 0 Å². The lowest BCUT2D eigenvalue weighted by molar-refractivity contribution is 0.440. The number of rotatable bonds is 3. The average Bonchev–Trinajstić information content (AvgIpc) is 2.96. The van der Waals surface area contributed by atoms with E-state index in [1.165, 1.54) is 0 Å². The van der Waals surface area contributed by atoms with Crippen molar-refractivity contribution in [2.24, 2.45) is 0 Å². The molecule has 0 amide bonds. The van der Waals surface area contributed by atoms with Crippen LogP contribution >= 0.6 is 27.5 Å². The topological polar surface area (TPSA) is 77.2 Å². The van der Waals surface area contributed by atoms with Crippen molar-refractivity contribution in [3.05, 3.63) is 27.7 Å². The van der Waals surface area contributed by atoms with Crippen LogP contribution in [0.1, 0.15) is 12.8 Å². The normalized spacial score (nSPS) is 14.5. The van der Waals surface area contributed by atoms with Gasteiger partial charge in [0, 0.05) is 17.6 Å². The van der Waals surface area contributed by atoms with E-state index in [4.69, 9.17) is 22.1 Å². The molecule has 0 unspecified atom stereocenters. The van der Waals surface area contributed by atoms with Crippen molar-refractivity contribution < 1.29 is 4.74 Å². The van der Waals surface area contributed by atoms with Gasteiger partial charge >= 0.3 is 6.01 Å². The first-order valence-corrected chi connectivity index (χ1v) is 7.68. The van der Waals surface area contributed by atoms with Crippen molar-refractivity contribution in [3.63, 3.8) is 0 Å². The molecule has 0 bridgehead atoms. The zero-order chi connectivity index (χ0) is 14.8. The van der Waals surface area contributed by atoms with Crippen molar-refractivity contribution in [2.45, 2.75) is 12.8 Å². The number of nitrogens with zero attached hydrogens (tertiary/aromatic N) is 4. The molecule has 2 heterocycles. The molecule has 0 radical (unpaired) electrons. The van der Waals surface area contributed by atoms with E-state index in [9.17, 15) is 0 Å². The van der Waals surface area contributed by atoms with E-state index in [0.29, 0.717) is 16.7 Å². The summed E-state index contributed by atoms with van der Waals surface area (Å²) in [6.45, 7) is 1.83. The van der Waals surface area contributed by atoms with Crippen molar-refractivity contribution in [1.82, 2.24) is 15.0 Å². The SMILES string of the molecule is Nc1nc(Oc2cc(Br)ccc2Cl)nc(N2CCCC2)n1. The average molecular weight is 371 g/mol. The van der Waals surface area contributed by atoms with Crippen molar-refractivity contribution in [1.29, 1.82) is 0 Å². The fourth-order valence-electron chi connectivity index (χ4n) is 2.12. The maximum Gasteiger partial charge on any atom is 0.328 e. The summed E-state index contributed by atoms with van der Waals surface area (Å²) in [5.41, 5.74) is 5.74. The first-order chi connectivity index (χ1) is 10.1. The van der Waals surface area contributed by atoms with E-state index in [2.05, 4.69) is 35.8 Å². The van der Waals surface area contributed by atoms with Gasteiger partial charge in [0.1, 0.15) is 0 Å². The molecule has 0 atom stereocenters. The third-order valence-electron chi connectivity index (χ3n) is 3.10. The highest BCUT2D eigenvalue weighted by molar-refractivity contribution is 9.10. The minimum absolute atomic E-state index is 0.132. The zero-order valence-electron chi connectivity index (χ0n) is 11.1. The maximum absolute atomic E-state index is 6.09. The quantitative estimate of drug-likeness (QED) is 0.893. The summed E-state index contributed by atoms with van der Waals surface area (Å²) in [6.07, 6.45) is 2.25. The third kappa shape index (κ3) is 3.36. The fourth-order valence-corrected chi connectivity index (χ4v) is 2.62. The molecule has 0 spiro atoms. The molecule has 1 aromatic heterocycles. The largest absolute Gasteiger partial charge is 0.422 e. The van der Waals surface area contributed by atoms with Crippen molar-refractivity contribution >= 4 is 39.4 Å². The monoisotopic (exact) mass is 369 g/mol. The van der Waals surface area contributed by atoms with Crippen molar-refractivity contribution in [2.75, 3.05) is 23.7 Å². The number of aromatic nitrogens is 3. The molecule has 1 saturated heterocycles. The molecule has 2 aromatic rings. The number of nitrogen functional groups attached to an aromatic ring is 1. The van der Waals surface area contributed by atoms with E-state index in [1.54, 1.807) is 12.1 Å². The van der Waals surface area contributed by atoms with Gasteiger partial charge in [-0.15, -0.1) is 0 Å². The fraction of sp³-hybridized carbons (Fsp3) is 0.308. The van der Waals surface area contributed by atoms with Gasteiger partial charge in [-0.05, 0) is 31.0 Å². The summed E-state index contributed by atoms with van der Waals surface area (Å²) in [7, 11) is 0. The summed E-state index contributed by atoms with van der Waals surface area (Å²) in [6, 6.07) is 5.45. The van der Waals surface area contributed by atoms with Crippen LogP contribution in [0.2, 0.25) is 5.02 Å². The second-order valence-electron chi connectivity index (χ2n) is 4.65. The first-order valence-electron chi connectivity index (χ1n) is 6.51. The van der Waals surface area contributed by atoms with Gasteiger partial charge in [-0.25, -0.2) is 0 Å². The Kier molecular flexibility index (Phi) is 4.12. The van der Waals surface area contributed by atoms with E-state index in [-0.39, 0.29) is 12.0 Å². The highest BCUT2D eigenvalue weighted by Crippen LogP contribution is 2.31. The van der Waals surface area contributed by atoms with Gasteiger partial charge in [0.15, 0.2) is 5.75 Å². The van der Waals surface area contributed by atoms with Crippen LogP contribution in [0.25, 0.3) is 0 Å². The molecule has 1 aromatic carbocycles. The first kappa shape index (κ1) is 14.3. The molecule has 3 rings (SSSR count). The number of nitrogens with two attached hydrogens (primary N) is 1. The molecule has 21 heavy (non-hydrogen) atoms. The lowest BCUT2D eigenvalue weighted by Gasteiger charge is -2.15. The number of hydrogen-bond acceptors (Lipinski definition) is 6. The molecule has 1 fully saturated rings. The number of hydrogen-bond donors (Lipinski definition) is 1. The van der Waals surface area contributed by atoms with Crippen LogP contribution in [0.5, 0.6) is 11.8 Å². The van der Waals surface area contributed by atoms with Crippen molar-refractivity contribution in [3.8, 4) is 11.8 Å². The molecule has 6 nitrogen and oxygen atoms in total. The van der Waals surface area contributed by atoms with Gasteiger partial charge < -0.3 is 15.4 Å². The highest BCUT2D eigenvalue weighted by atomic mass is 79.9. The second kappa shape index (κ2) is 6.03. The molecule has 1 aliphatic rings. The predicted molar refractivity (Wildman–Crippen MR) is 84.9 cm³/mol. The number of ether oxygens (including phenoxy) is 1. The molecular formula is C13H13BrClN5O. The third-order valence-corrected chi connectivity index (χ3v) is 3.91. The summed E-state index contributed by atoms with van der Waals surface area (Å²) in [4.78, 5) is 14.5. The van der Waals surface area contributed by atoms with Crippen LogP contribution < -0.4 is 15.4 Å². The number of anilines is 2. The second-order valence-corrected chi connectivity index (χ2v) is 5.97. The van der Waals surface area contributed by atoms with Crippen LogP contribution in [-0.4, -0.2) is 28.0 Å². The molecule has 8 heteroatoms. The zero-order valence-corrected chi connectivity index (χ0v) is 13.4. The molecule has 110 valence electrons. The van der Waals surface area contributed by atoms with Gasteiger partial charge in [0.05, 0.1) is 5.02 Å². The number of benzene rings is 1. The Hall–Kier alpha value is -1.60. The van der Waals surface area contributed by atoms with Crippen LogP contribution in [-0.2, 0) is 0 Å². The van der Waals surface area contributed by atoms with Crippen LogP contribution in [0.15, 0.2) is 22.7 Å². The molecular weight excluding hydrogens is 358 g/mol. The lowest BCUT2D eigenvalue weighted by Crippen LogP contribution is -2.21. The smallest absolute Gasteiger partial charge is 0.328 e. The van der Waals surface area contributed by atoms with E-state index in [1.807, 2.05) is 6.07 Å². The Morgan fingerprint density at radius 1 is 1.19 bits per heavy atom. The maximum atomic E-state index is 6.09. The van der Waals surface area contributed by atoms with Gasteiger partial charge in [0.2, 0.25) is 11.9 Å². The van der Waals surface area contributed by atoms with Gasteiger partial charge in [-0.3, -0.25) is 0 Å². The summed E-state index contributed by atoms with van der Waals surface area (Å²) in [5.74, 6) is 1.14. The van der Waals surface area contributed by atoms with Gasteiger partial charge in [-0.2, -0.15) is 15.0 Å². The van der Waals surface area contributed by atoms with Gasteiger partial charge in [-0.1, -0.05) is 27.5 Å². The number of halogens is 2. The highest BCUT2D eigenvalue weighted by Gasteiger charge is 2.18. The lowest BCUT2D eigenvalue weighted by atomic mass is 10.3. The molecule has 0 saturated carbocycles. The summed E-state index contributed by atoms with van der Waals surface area (Å²) >= 11 is 9.46. The Balaban J connectivity index is 1.89. The van der Waals surface area contributed by atoms with E-state index >= 15 is 0 Å². The van der Waals surface area contributed by atoms with Gasteiger partial charge in [0.25, 0.3) is 0 Å². The summed E-state index contributed by atoms with van der Waals surface area (Å²) < 4.78 is 6.49. The standard InChI is InChI=1S/C13H13BrClN5O/c14-8-3-4-9(15)10(7-8)21-13-18-11(16)17-12(19-13)20-5-1-2-6-20/h3-4,7H,1-2,5-6H2,(H2,16,17,18,19). The predicted octanol–water partition coefficient (Wildman–Crippen LogP) is 3.26. The minimum atomic E-state index is 0.132. The minimum Gasteiger partial charge on any atom is -0.422 e. The Morgan fingerprint density at radius 3 is 2.71 bits per heavy atom.